The lowest BCUT2D eigenvalue weighted by atomic mass is 9.94. The van der Waals surface area contributed by atoms with Gasteiger partial charge in [0.05, 0.1) is 17.7 Å². The van der Waals surface area contributed by atoms with Gasteiger partial charge in [-0.25, -0.2) is 4.79 Å². The Morgan fingerprint density at radius 1 is 1.26 bits per heavy atom. The van der Waals surface area contributed by atoms with Crippen LogP contribution >= 0.6 is 11.6 Å². The lowest BCUT2D eigenvalue weighted by Crippen LogP contribution is -2.49. The van der Waals surface area contributed by atoms with Gasteiger partial charge in [-0.05, 0) is 42.3 Å². The zero-order chi connectivity index (χ0) is 19.0. The lowest BCUT2D eigenvalue weighted by molar-refractivity contribution is 0.0253. The maximum absolute atomic E-state index is 12.7. The van der Waals surface area contributed by atoms with Crippen LogP contribution in [0.3, 0.4) is 0 Å². The number of methoxy groups -OCH3 is 1. The molecule has 142 valence electrons. The highest BCUT2D eigenvalue weighted by Crippen LogP contribution is 2.35. The van der Waals surface area contributed by atoms with Crippen LogP contribution in [0.4, 0.5) is 5.69 Å². The summed E-state index contributed by atoms with van der Waals surface area (Å²) in [6, 6.07) is 12.1. The first-order valence-electron chi connectivity index (χ1n) is 9.21. The van der Waals surface area contributed by atoms with Gasteiger partial charge in [0.15, 0.2) is 0 Å². The molecule has 5 nitrogen and oxygen atoms in total. The van der Waals surface area contributed by atoms with E-state index in [0.29, 0.717) is 28.8 Å². The fraction of sp³-hybridized carbons (Fsp3) is 0.381. The van der Waals surface area contributed by atoms with Crippen LogP contribution < -0.4 is 15.0 Å². The van der Waals surface area contributed by atoms with Crippen LogP contribution in [-0.4, -0.2) is 38.8 Å². The van der Waals surface area contributed by atoms with Gasteiger partial charge in [-0.1, -0.05) is 23.7 Å². The van der Waals surface area contributed by atoms with Gasteiger partial charge in [0.1, 0.15) is 11.9 Å². The molecule has 0 spiro atoms. The molecule has 1 N–H and O–H groups in total. The Bertz CT molecular complexity index is 871. The number of piperazine rings is 1. The molecule has 0 bridgehead atoms. The minimum absolute atomic E-state index is 0.279. The number of esters is 1. The summed E-state index contributed by atoms with van der Waals surface area (Å²) < 4.78 is 10.9. The number of nitrogens with zero attached hydrogens (tertiary/aromatic N) is 1. The second kappa shape index (κ2) is 7.41. The van der Waals surface area contributed by atoms with Crippen molar-refractivity contribution in [1.82, 2.24) is 5.32 Å². The number of hydrogen-bond donors (Lipinski definition) is 1. The number of carbonyl (C=O) groups excluding carboxylic acids is 1. The second-order valence-corrected chi connectivity index (χ2v) is 7.54. The molecule has 2 aromatic rings. The molecule has 2 aliphatic heterocycles. The Hall–Kier alpha value is -2.24. The van der Waals surface area contributed by atoms with Crippen LogP contribution in [0.15, 0.2) is 36.4 Å². The molecular weight excluding hydrogens is 364 g/mol. The van der Waals surface area contributed by atoms with Crippen LogP contribution in [0.5, 0.6) is 5.75 Å². The van der Waals surface area contributed by atoms with E-state index in [-0.39, 0.29) is 12.1 Å². The molecule has 0 saturated carbocycles. The summed E-state index contributed by atoms with van der Waals surface area (Å²) in [5.41, 5.74) is 3.62. The number of ether oxygens (including phenoxy) is 2. The Labute approximate surface area is 164 Å². The Balaban J connectivity index is 1.58. The van der Waals surface area contributed by atoms with Gasteiger partial charge in [0.25, 0.3) is 0 Å². The monoisotopic (exact) mass is 386 g/mol. The minimum Gasteiger partial charge on any atom is -0.495 e. The van der Waals surface area contributed by atoms with Gasteiger partial charge < -0.3 is 19.7 Å². The van der Waals surface area contributed by atoms with E-state index in [1.807, 2.05) is 12.1 Å². The number of hydrogen-bond acceptors (Lipinski definition) is 5. The van der Waals surface area contributed by atoms with Crippen molar-refractivity contribution in [2.75, 3.05) is 31.6 Å². The third-order valence-corrected chi connectivity index (χ3v) is 5.54. The molecule has 0 radical (unpaired) electrons. The topological polar surface area (TPSA) is 50.8 Å². The first-order chi connectivity index (χ1) is 13.0. The van der Waals surface area contributed by atoms with Crippen LogP contribution in [0.2, 0.25) is 5.02 Å². The summed E-state index contributed by atoms with van der Waals surface area (Å²) >= 11 is 6.23. The number of benzene rings is 2. The molecule has 2 aromatic carbocycles. The largest absolute Gasteiger partial charge is 0.495 e. The molecule has 1 fully saturated rings. The SMILES string of the molecule is COc1ccc(C2Cc3ccc(N4CCN[C@@H](C)C4)cc3C(=O)O2)cc1Cl. The van der Waals surface area contributed by atoms with E-state index in [2.05, 4.69) is 29.3 Å². The number of halogens is 1. The highest BCUT2D eigenvalue weighted by Gasteiger charge is 2.29. The molecule has 1 unspecified atom stereocenters. The molecular formula is C21H23ClN2O3. The number of nitrogens with one attached hydrogen (secondary N) is 1. The van der Waals surface area contributed by atoms with Crippen molar-refractivity contribution in [3.8, 4) is 5.75 Å². The molecule has 2 atom stereocenters. The Kier molecular flexibility index (Phi) is 4.98. The summed E-state index contributed by atoms with van der Waals surface area (Å²) in [4.78, 5) is 15.0. The number of carbonyl (C=O) groups is 1. The number of anilines is 1. The van der Waals surface area contributed by atoms with E-state index >= 15 is 0 Å². The van der Waals surface area contributed by atoms with Crippen LogP contribution in [0.25, 0.3) is 0 Å². The van der Waals surface area contributed by atoms with Crippen molar-refractivity contribution in [1.29, 1.82) is 0 Å². The highest BCUT2D eigenvalue weighted by molar-refractivity contribution is 6.32. The van der Waals surface area contributed by atoms with Crippen molar-refractivity contribution >= 4 is 23.3 Å². The van der Waals surface area contributed by atoms with Crippen molar-refractivity contribution in [2.45, 2.75) is 25.5 Å². The number of rotatable bonds is 3. The van der Waals surface area contributed by atoms with Gasteiger partial charge in [-0.3, -0.25) is 0 Å². The van der Waals surface area contributed by atoms with Gasteiger partial charge in [-0.2, -0.15) is 0 Å². The van der Waals surface area contributed by atoms with E-state index in [1.54, 1.807) is 19.2 Å². The summed E-state index contributed by atoms with van der Waals surface area (Å²) in [6.07, 6.45) is 0.306. The minimum atomic E-state index is -0.335. The molecule has 1 saturated heterocycles. The highest BCUT2D eigenvalue weighted by atomic mass is 35.5. The van der Waals surface area contributed by atoms with Crippen LogP contribution in [0.1, 0.15) is 34.5 Å². The van der Waals surface area contributed by atoms with Crippen molar-refractivity contribution < 1.29 is 14.3 Å². The first-order valence-corrected chi connectivity index (χ1v) is 9.58. The normalized spacial score (nSPS) is 22.2. The summed E-state index contributed by atoms with van der Waals surface area (Å²) in [7, 11) is 1.58. The average Bonchev–Trinajstić information content (AvgIpc) is 2.67. The zero-order valence-electron chi connectivity index (χ0n) is 15.5. The quantitative estimate of drug-likeness (QED) is 0.817. The van der Waals surface area contributed by atoms with Gasteiger partial charge in [0.2, 0.25) is 0 Å². The molecule has 6 heteroatoms. The van der Waals surface area contributed by atoms with Crippen LogP contribution in [-0.2, 0) is 11.2 Å². The first kappa shape index (κ1) is 18.1. The fourth-order valence-electron chi connectivity index (χ4n) is 3.80. The van der Waals surface area contributed by atoms with E-state index in [1.165, 1.54) is 0 Å². The molecule has 2 heterocycles. The molecule has 2 aliphatic rings. The molecule has 4 rings (SSSR count). The van der Waals surface area contributed by atoms with E-state index in [4.69, 9.17) is 21.1 Å². The fourth-order valence-corrected chi connectivity index (χ4v) is 4.07. The summed E-state index contributed by atoms with van der Waals surface area (Å²) in [5, 5.41) is 3.95. The molecule has 0 aromatic heterocycles. The predicted molar refractivity (Wildman–Crippen MR) is 106 cm³/mol. The maximum atomic E-state index is 12.7. The zero-order valence-corrected chi connectivity index (χ0v) is 16.3. The Morgan fingerprint density at radius 3 is 2.85 bits per heavy atom. The van der Waals surface area contributed by atoms with Gasteiger partial charge in [0, 0.05) is 37.8 Å². The molecule has 0 aliphatic carbocycles. The maximum Gasteiger partial charge on any atom is 0.339 e. The third-order valence-electron chi connectivity index (χ3n) is 5.25. The number of fused-ring (bicyclic) bond motifs is 1. The van der Waals surface area contributed by atoms with Gasteiger partial charge in [-0.15, -0.1) is 0 Å². The smallest absolute Gasteiger partial charge is 0.339 e. The van der Waals surface area contributed by atoms with Crippen molar-refractivity contribution in [3.63, 3.8) is 0 Å². The second-order valence-electron chi connectivity index (χ2n) is 7.13. The standard InChI is InChI=1S/C21H23ClN2O3/c1-13-12-24(8-7-23-13)16-5-3-14-10-20(27-21(25)17(14)11-16)15-4-6-19(26-2)18(22)9-15/h3-6,9,11,13,20,23H,7-8,10,12H2,1-2H3/t13-,20?/m0/s1. The van der Waals surface area contributed by atoms with E-state index < -0.39 is 0 Å². The third kappa shape index (κ3) is 3.62. The molecule has 27 heavy (non-hydrogen) atoms. The van der Waals surface area contributed by atoms with E-state index in [9.17, 15) is 4.79 Å². The van der Waals surface area contributed by atoms with E-state index in [0.717, 1.165) is 36.4 Å². The number of cyclic esters (lactones) is 1. The lowest BCUT2D eigenvalue weighted by Gasteiger charge is -2.34. The summed E-state index contributed by atoms with van der Waals surface area (Å²) in [5.74, 6) is 0.330. The van der Waals surface area contributed by atoms with Crippen molar-refractivity contribution in [3.05, 3.63) is 58.1 Å². The van der Waals surface area contributed by atoms with Gasteiger partial charge >= 0.3 is 5.97 Å². The van der Waals surface area contributed by atoms with Crippen LogP contribution in [0, 0.1) is 0 Å². The van der Waals surface area contributed by atoms with Crippen molar-refractivity contribution in [2.24, 2.45) is 0 Å². The average molecular weight is 387 g/mol. The summed E-state index contributed by atoms with van der Waals surface area (Å²) in [6.45, 7) is 4.98. The predicted octanol–water partition coefficient (Wildman–Crippen LogP) is 3.60. The molecule has 0 amide bonds. The Morgan fingerprint density at radius 2 is 2.11 bits per heavy atom.